The number of fused-ring (bicyclic) bond motifs is 1. The monoisotopic (exact) mass is 414 g/mol. The molecule has 0 saturated carbocycles. The van der Waals surface area contributed by atoms with Crippen LogP contribution in [-0.4, -0.2) is 67.1 Å². The van der Waals surface area contributed by atoms with E-state index in [0.717, 1.165) is 4.91 Å². The molecular weight excluding hydrogens is 384 g/mol. The number of hydrogen-bond donors (Lipinski definition) is 1. The summed E-state index contributed by atoms with van der Waals surface area (Å²) in [5.41, 5.74) is 0.136. The van der Waals surface area contributed by atoms with Gasteiger partial charge in [0.2, 0.25) is 5.91 Å². The van der Waals surface area contributed by atoms with E-state index in [1.54, 1.807) is 6.92 Å². The summed E-state index contributed by atoms with van der Waals surface area (Å²) in [6, 6.07) is -0.105. The Morgan fingerprint density at radius 2 is 2.11 bits per heavy atom. The minimum Gasteiger partial charge on any atom is -0.481 e. The first-order valence-electron chi connectivity index (χ1n) is 9.30. The van der Waals surface area contributed by atoms with E-state index in [-0.39, 0.29) is 29.7 Å². The minimum absolute atomic E-state index is 0.105. The Balaban J connectivity index is 2.02. The molecule has 1 N–H and O–H groups in total. The Morgan fingerprint density at radius 3 is 2.67 bits per heavy atom. The van der Waals surface area contributed by atoms with Crippen LogP contribution >= 0.6 is 11.8 Å². The Kier molecular flexibility index (Phi) is 7.15. The lowest BCUT2D eigenvalue weighted by Gasteiger charge is -2.46. The second kappa shape index (κ2) is 8.79. The fourth-order valence-electron chi connectivity index (χ4n) is 3.60. The normalized spacial score (nSPS) is 24.0. The van der Waals surface area contributed by atoms with Gasteiger partial charge in [-0.1, -0.05) is 0 Å². The number of carbonyl (C=O) groups is 2. The molecule has 0 bridgehead atoms. The fourth-order valence-corrected chi connectivity index (χ4v) is 5.90. The predicted molar refractivity (Wildman–Crippen MR) is 109 cm³/mol. The van der Waals surface area contributed by atoms with Crippen LogP contribution in [0.4, 0.5) is 0 Å². The summed E-state index contributed by atoms with van der Waals surface area (Å²) in [5, 5.41) is 9.61. The van der Waals surface area contributed by atoms with Crippen molar-refractivity contribution in [2.45, 2.75) is 59.0 Å². The molecule has 0 aliphatic carbocycles. The van der Waals surface area contributed by atoms with Gasteiger partial charge in [-0.05, 0) is 33.5 Å². The average molecular weight is 415 g/mol. The lowest BCUT2D eigenvalue weighted by molar-refractivity contribution is -0.160. The first kappa shape index (κ1) is 22.0. The number of nitrogens with zero attached hydrogens (tertiary/aromatic N) is 2. The summed E-state index contributed by atoms with van der Waals surface area (Å²) >= 11 is 1.47. The van der Waals surface area contributed by atoms with Crippen molar-refractivity contribution in [1.29, 1.82) is 0 Å². The maximum absolute atomic E-state index is 12.6. The second-order valence-corrected chi connectivity index (χ2v) is 13.4. The quantitative estimate of drug-likeness (QED) is 0.205. The molecule has 1 amide bonds. The summed E-state index contributed by atoms with van der Waals surface area (Å²) < 4.78 is 11.4. The molecule has 2 aliphatic rings. The van der Waals surface area contributed by atoms with Gasteiger partial charge in [-0.25, -0.2) is 4.79 Å². The number of amides is 1. The average Bonchev–Trinajstić information content (AvgIpc) is 2.84. The summed E-state index contributed by atoms with van der Waals surface area (Å²) in [6.45, 7) is 13.0. The molecular formula is C18H30N2O5SSi. The third-order valence-corrected chi connectivity index (χ3v) is 6.65. The Labute approximate surface area is 166 Å². The van der Waals surface area contributed by atoms with Crippen LogP contribution in [0.3, 0.4) is 0 Å². The van der Waals surface area contributed by atoms with E-state index in [0.29, 0.717) is 31.2 Å². The maximum Gasteiger partial charge on any atom is 0.353 e. The maximum atomic E-state index is 12.6. The summed E-state index contributed by atoms with van der Waals surface area (Å²) in [5.74, 6) is -0.157. The number of carboxylic acids is 1. The molecule has 0 aromatic heterocycles. The van der Waals surface area contributed by atoms with Crippen molar-refractivity contribution < 1.29 is 23.9 Å². The van der Waals surface area contributed by atoms with Crippen molar-refractivity contribution in [2.75, 3.05) is 18.9 Å². The van der Waals surface area contributed by atoms with Crippen LogP contribution in [-0.2, 0) is 18.8 Å². The first-order valence-corrected chi connectivity index (χ1v) is 13.7. The van der Waals surface area contributed by atoms with E-state index in [4.69, 9.17) is 9.16 Å². The standard InChI is InChI=1S/C18H30N2O5SSi/c1-7-24-12(3)19-8-9-26-14-10-13-15(11(2)25-27(4,5)6)17(21)20(13)16(14)18(22)23/h11,13,15H,7-10H2,1-6H3,(H,22,23)/b19-12-/t11-,13+,15-/m0/s1. The van der Waals surface area contributed by atoms with Crippen molar-refractivity contribution in [3.63, 3.8) is 0 Å². The third-order valence-electron chi connectivity index (χ3n) is 4.47. The SMILES string of the molecule is CCO/C(C)=N\CCSC1=C(C(=O)O)N2C(=O)[C@@H]([C@H](C)O[Si](C)(C)C)[C@H]2C1. The van der Waals surface area contributed by atoms with Gasteiger partial charge in [0.05, 0.1) is 31.2 Å². The molecule has 1 saturated heterocycles. The van der Waals surface area contributed by atoms with Gasteiger partial charge in [0.1, 0.15) is 5.70 Å². The number of hydrogen-bond acceptors (Lipinski definition) is 6. The van der Waals surface area contributed by atoms with Gasteiger partial charge in [0, 0.05) is 24.0 Å². The van der Waals surface area contributed by atoms with Gasteiger partial charge in [-0.3, -0.25) is 9.79 Å². The molecule has 0 aromatic rings. The number of aliphatic imine (C=N–C) groups is 1. The highest BCUT2D eigenvalue weighted by Gasteiger charge is 2.57. The van der Waals surface area contributed by atoms with Crippen LogP contribution in [0.5, 0.6) is 0 Å². The lowest BCUT2D eigenvalue weighted by Crippen LogP contribution is -2.63. The van der Waals surface area contributed by atoms with Crippen molar-refractivity contribution in [3.8, 4) is 0 Å². The van der Waals surface area contributed by atoms with E-state index < -0.39 is 14.3 Å². The van der Waals surface area contributed by atoms with Gasteiger partial charge in [0.15, 0.2) is 14.2 Å². The first-order chi connectivity index (χ1) is 12.6. The molecule has 2 heterocycles. The highest BCUT2D eigenvalue weighted by atomic mass is 32.2. The third kappa shape index (κ3) is 5.14. The van der Waals surface area contributed by atoms with Gasteiger partial charge in [-0.2, -0.15) is 0 Å². The molecule has 1 fully saturated rings. The van der Waals surface area contributed by atoms with Crippen molar-refractivity contribution in [2.24, 2.45) is 10.9 Å². The highest BCUT2D eigenvalue weighted by Crippen LogP contribution is 2.47. The molecule has 9 heteroatoms. The molecule has 0 radical (unpaired) electrons. The van der Waals surface area contributed by atoms with E-state index >= 15 is 0 Å². The fraction of sp³-hybridized carbons (Fsp3) is 0.722. The number of β-lactam (4-membered cyclic amide) rings is 1. The lowest BCUT2D eigenvalue weighted by atomic mass is 9.83. The van der Waals surface area contributed by atoms with Gasteiger partial charge in [-0.15, -0.1) is 11.8 Å². The number of carbonyl (C=O) groups excluding carboxylic acids is 1. The topological polar surface area (TPSA) is 88.4 Å². The number of aliphatic carboxylic acids is 1. The Bertz CT molecular complexity index is 659. The summed E-state index contributed by atoms with van der Waals surface area (Å²) in [7, 11) is -1.77. The molecule has 0 aromatic carbocycles. The molecule has 3 atom stereocenters. The zero-order valence-corrected chi connectivity index (χ0v) is 18.8. The van der Waals surface area contributed by atoms with Gasteiger partial charge < -0.3 is 19.2 Å². The van der Waals surface area contributed by atoms with Crippen LogP contribution < -0.4 is 0 Å². The van der Waals surface area contributed by atoms with E-state index in [1.807, 2.05) is 13.8 Å². The molecule has 2 rings (SSSR count). The zero-order chi connectivity index (χ0) is 20.4. The zero-order valence-electron chi connectivity index (χ0n) is 16.9. The number of ether oxygens (including phenoxy) is 1. The van der Waals surface area contributed by atoms with E-state index in [1.165, 1.54) is 16.7 Å². The number of thioether (sulfide) groups is 1. The molecule has 7 nitrogen and oxygen atoms in total. The Morgan fingerprint density at radius 1 is 1.44 bits per heavy atom. The highest BCUT2D eigenvalue weighted by molar-refractivity contribution is 8.03. The van der Waals surface area contributed by atoms with Crippen molar-refractivity contribution in [3.05, 3.63) is 10.6 Å². The largest absolute Gasteiger partial charge is 0.481 e. The van der Waals surface area contributed by atoms with Crippen molar-refractivity contribution >= 4 is 37.9 Å². The van der Waals surface area contributed by atoms with Crippen LogP contribution in [0.1, 0.15) is 27.2 Å². The summed E-state index contributed by atoms with van der Waals surface area (Å²) in [4.78, 5) is 30.9. The van der Waals surface area contributed by atoms with Crippen LogP contribution in [0.15, 0.2) is 15.6 Å². The second-order valence-electron chi connectivity index (χ2n) is 7.70. The number of rotatable bonds is 9. The van der Waals surface area contributed by atoms with Gasteiger partial charge >= 0.3 is 5.97 Å². The molecule has 2 aliphatic heterocycles. The van der Waals surface area contributed by atoms with Gasteiger partial charge in [0.25, 0.3) is 0 Å². The Hall–Kier alpha value is -1.32. The van der Waals surface area contributed by atoms with Crippen LogP contribution in [0, 0.1) is 5.92 Å². The minimum atomic E-state index is -1.77. The number of carboxylic acid groups (broad SMARTS) is 1. The predicted octanol–water partition coefficient (Wildman–Crippen LogP) is 2.94. The van der Waals surface area contributed by atoms with Crippen molar-refractivity contribution in [1.82, 2.24) is 4.90 Å². The molecule has 0 unspecified atom stereocenters. The van der Waals surface area contributed by atoms with E-state index in [2.05, 4.69) is 24.6 Å². The van der Waals surface area contributed by atoms with Crippen LogP contribution in [0.2, 0.25) is 19.6 Å². The smallest absolute Gasteiger partial charge is 0.353 e. The summed E-state index contributed by atoms with van der Waals surface area (Å²) in [6.07, 6.45) is 0.388. The van der Waals surface area contributed by atoms with E-state index in [9.17, 15) is 14.7 Å². The molecule has 27 heavy (non-hydrogen) atoms. The molecule has 0 spiro atoms. The van der Waals surface area contributed by atoms with Crippen LogP contribution in [0.25, 0.3) is 0 Å². The molecule has 152 valence electrons.